The molecule has 0 saturated carbocycles. The molecule has 0 radical (unpaired) electrons. The van der Waals surface area contributed by atoms with Gasteiger partial charge in [0.05, 0.1) is 26.2 Å². The van der Waals surface area contributed by atoms with Gasteiger partial charge in [0.25, 0.3) is 0 Å². The minimum atomic E-state index is -4.94. The van der Waals surface area contributed by atoms with Gasteiger partial charge in [0.2, 0.25) is 0 Å². The molecule has 6 heteroatoms. The van der Waals surface area contributed by atoms with Gasteiger partial charge >= 0.3 is 0 Å². The minimum absolute atomic E-state index is 1.37. The fraction of sp³-hybridized carbons (Fsp3) is 1.00. The van der Waals surface area contributed by atoms with Gasteiger partial charge in [0.1, 0.15) is 0 Å². The van der Waals surface area contributed by atoms with Gasteiger partial charge in [-0.3, -0.25) is 0 Å². The predicted octanol–water partition coefficient (Wildman–Crippen LogP) is 3.76. The normalized spacial score (nSPS) is 12.0. The van der Waals surface area contributed by atoms with Gasteiger partial charge in [-0.2, -0.15) is 0 Å². The molecule has 5 nitrogen and oxygen atoms in total. The summed E-state index contributed by atoms with van der Waals surface area (Å²) in [7, 11) is -4.94. The maximum atomic E-state index is 8.49. The van der Waals surface area contributed by atoms with Crippen molar-refractivity contribution in [2.75, 3.05) is 26.2 Å². The Hall–Kier alpha value is 0.0900. The molecule has 0 N–H and O–H groups in total. The molecule has 0 unspecified atom stereocenters. The van der Waals surface area contributed by atoms with Gasteiger partial charge in [-0.1, -0.05) is 85.5 Å². The molecular formula is C25H54ClNO4. The Morgan fingerprint density at radius 1 is 0.387 bits per heavy atom. The van der Waals surface area contributed by atoms with Gasteiger partial charge in [-0.15, -0.1) is 10.2 Å². The number of halogens is 1. The lowest BCUT2D eigenvalue weighted by Crippen LogP contribution is -2.68. The molecule has 0 aliphatic heterocycles. The van der Waals surface area contributed by atoms with E-state index in [1.165, 1.54) is 140 Å². The van der Waals surface area contributed by atoms with Crippen molar-refractivity contribution in [1.29, 1.82) is 0 Å². The van der Waals surface area contributed by atoms with Gasteiger partial charge in [0, 0.05) is 0 Å². The highest BCUT2D eigenvalue weighted by Crippen LogP contribution is 2.19. The Kier molecular flexibility index (Phi) is 25.0. The molecule has 0 amide bonds. The molecule has 0 spiro atoms. The van der Waals surface area contributed by atoms with E-state index in [1.54, 1.807) is 0 Å². The number of hydrogen-bond acceptors (Lipinski definition) is 4. The number of quaternary nitrogens is 1. The molecule has 0 heterocycles. The lowest BCUT2D eigenvalue weighted by Gasteiger charge is -2.39. The monoisotopic (exact) mass is 467 g/mol. The van der Waals surface area contributed by atoms with Crippen LogP contribution in [0.15, 0.2) is 0 Å². The van der Waals surface area contributed by atoms with Crippen LogP contribution in [0.25, 0.3) is 0 Å². The van der Waals surface area contributed by atoms with Gasteiger partial charge < -0.3 is 4.48 Å². The molecule has 0 bridgehead atoms. The highest BCUT2D eigenvalue weighted by Gasteiger charge is 2.25. The first kappa shape index (κ1) is 33.3. The molecule has 31 heavy (non-hydrogen) atoms. The van der Waals surface area contributed by atoms with Crippen LogP contribution >= 0.6 is 0 Å². The summed E-state index contributed by atoms with van der Waals surface area (Å²) < 4.78 is 35.4. The van der Waals surface area contributed by atoms with E-state index in [4.69, 9.17) is 18.6 Å². The summed E-state index contributed by atoms with van der Waals surface area (Å²) in [6.45, 7) is 15.2. The van der Waals surface area contributed by atoms with Crippen LogP contribution in [0.2, 0.25) is 0 Å². The third-order valence-electron chi connectivity index (χ3n) is 6.19. The molecule has 0 aromatic rings. The third kappa shape index (κ3) is 28.1. The molecule has 0 aliphatic rings. The van der Waals surface area contributed by atoms with E-state index in [0.29, 0.717) is 0 Å². The molecule has 0 fully saturated rings. The first-order valence-electron chi connectivity index (χ1n) is 13.2. The van der Waals surface area contributed by atoms with E-state index in [-0.39, 0.29) is 0 Å². The first-order chi connectivity index (χ1) is 14.7. The SMILES string of the molecule is CCCCCCC[N+](CCCCCC)(CCCCCC)CCCCCC.[O-][Cl+3]([O-])([O-])[O-]. The largest absolute Gasteiger partial charge is 0.324 e. The zero-order valence-corrected chi connectivity index (χ0v) is 22.1. The summed E-state index contributed by atoms with van der Waals surface area (Å²) in [5.41, 5.74) is 0. The fourth-order valence-corrected chi connectivity index (χ4v) is 4.34. The van der Waals surface area contributed by atoms with Crippen LogP contribution in [-0.4, -0.2) is 30.7 Å². The van der Waals surface area contributed by atoms with Crippen molar-refractivity contribution in [3.05, 3.63) is 0 Å². The lowest BCUT2D eigenvalue weighted by molar-refractivity contribution is -2.00. The number of hydrogen-bond donors (Lipinski definition) is 0. The number of unbranched alkanes of at least 4 members (excludes halogenated alkanes) is 13. The highest BCUT2D eigenvalue weighted by atomic mass is 35.7. The maximum Gasteiger partial charge on any atom is 0.0786 e. The zero-order valence-electron chi connectivity index (χ0n) is 21.3. The predicted molar refractivity (Wildman–Crippen MR) is 121 cm³/mol. The van der Waals surface area contributed by atoms with Crippen LogP contribution in [0.1, 0.15) is 137 Å². The van der Waals surface area contributed by atoms with E-state index in [0.717, 1.165) is 0 Å². The van der Waals surface area contributed by atoms with Crippen LogP contribution in [0.5, 0.6) is 0 Å². The second-order valence-electron chi connectivity index (χ2n) is 9.21. The Morgan fingerprint density at radius 3 is 0.806 bits per heavy atom. The van der Waals surface area contributed by atoms with E-state index < -0.39 is 10.2 Å². The van der Waals surface area contributed by atoms with Crippen molar-refractivity contribution in [2.24, 2.45) is 0 Å². The zero-order chi connectivity index (χ0) is 23.8. The molecule has 0 aromatic carbocycles. The standard InChI is InChI=1S/C25H54N.ClHO4/c1-5-9-13-17-21-25-26(22-18-14-10-6-2,23-19-15-11-7-3)24-20-16-12-8-4;2-1(3,4)5/h5-25H2,1-4H3;(H,2,3,4,5)/q+1;/p-1. The van der Waals surface area contributed by atoms with Gasteiger partial charge in [0.15, 0.2) is 0 Å². The summed E-state index contributed by atoms with van der Waals surface area (Å²) in [4.78, 5) is 0. The quantitative estimate of drug-likeness (QED) is 0.190. The van der Waals surface area contributed by atoms with E-state index in [1.807, 2.05) is 0 Å². The maximum absolute atomic E-state index is 8.49. The van der Waals surface area contributed by atoms with Crippen molar-refractivity contribution >= 4 is 0 Å². The molecule has 190 valence electrons. The molecule has 0 rings (SSSR count). The third-order valence-corrected chi connectivity index (χ3v) is 6.19. The average molecular weight is 468 g/mol. The smallest absolute Gasteiger partial charge is 0.0786 e. The average Bonchev–Trinajstić information content (AvgIpc) is 2.70. The molecule has 0 atom stereocenters. The first-order valence-corrected chi connectivity index (χ1v) is 14.4. The van der Waals surface area contributed by atoms with Crippen LogP contribution in [0.4, 0.5) is 0 Å². The Bertz CT molecular complexity index is 314. The van der Waals surface area contributed by atoms with E-state index >= 15 is 0 Å². The van der Waals surface area contributed by atoms with Crippen LogP contribution < -0.4 is 18.6 Å². The van der Waals surface area contributed by atoms with Crippen LogP contribution in [-0.2, 0) is 0 Å². The van der Waals surface area contributed by atoms with Gasteiger partial charge in [-0.05, 0) is 51.4 Å². The van der Waals surface area contributed by atoms with E-state index in [9.17, 15) is 0 Å². The summed E-state index contributed by atoms with van der Waals surface area (Å²) in [5.74, 6) is 0. The molecule has 0 aromatic heterocycles. The summed E-state index contributed by atoms with van der Waals surface area (Å²) in [5, 5.41) is 0. The second-order valence-corrected chi connectivity index (χ2v) is 9.97. The van der Waals surface area contributed by atoms with Crippen LogP contribution in [0, 0.1) is 10.2 Å². The summed E-state index contributed by atoms with van der Waals surface area (Å²) >= 11 is 0. The number of rotatable bonds is 21. The lowest BCUT2D eigenvalue weighted by atomic mass is 10.1. The van der Waals surface area contributed by atoms with E-state index in [2.05, 4.69) is 27.7 Å². The Morgan fingerprint density at radius 2 is 0.581 bits per heavy atom. The van der Waals surface area contributed by atoms with Crippen LogP contribution in [0.3, 0.4) is 0 Å². The topological polar surface area (TPSA) is 92.2 Å². The van der Waals surface area contributed by atoms with Crippen molar-refractivity contribution in [3.63, 3.8) is 0 Å². The van der Waals surface area contributed by atoms with Crippen molar-refractivity contribution in [2.45, 2.75) is 137 Å². The minimum Gasteiger partial charge on any atom is -0.324 e. The van der Waals surface area contributed by atoms with Crippen molar-refractivity contribution in [1.82, 2.24) is 0 Å². The molecule has 0 saturated heterocycles. The van der Waals surface area contributed by atoms with Gasteiger partial charge in [-0.25, -0.2) is 18.6 Å². The molecular weight excluding hydrogens is 414 g/mol. The Balaban J connectivity index is 0. The fourth-order valence-electron chi connectivity index (χ4n) is 4.34. The van der Waals surface area contributed by atoms with Crippen molar-refractivity contribution < 1.29 is 33.4 Å². The highest BCUT2D eigenvalue weighted by molar-refractivity contribution is 4.53. The van der Waals surface area contributed by atoms with Crippen molar-refractivity contribution in [3.8, 4) is 0 Å². The molecule has 0 aliphatic carbocycles. The summed E-state index contributed by atoms with van der Waals surface area (Å²) in [6, 6.07) is 0. The Labute approximate surface area is 196 Å². The second kappa shape index (κ2) is 23.3. The number of nitrogens with zero attached hydrogens (tertiary/aromatic N) is 1. The summed E-state index contributed by atoms with van der Waals surface area (Å²) in [6.07, 6.45) is 24.3.